The Hall–Kier alpha value is -3.87. The number of nitrogens with one attached hydrogen (secondary N) is 1. The molecule has 1 aliphatic heterocycles. The molecule has 1 unspecified atom stereocenters. The number of aliphatic imine (C=N–C) groups is 1. The zero-order chi connectivity index (χ0) is 21.3. The molecule has 0 fully saturated rings. The van der Waals surface area contributed by atoms with Gasteiger partial charge in [0.1, 0.15) is 11.6 Å². The van der Waals surface area contributed by atoms with Crippen LogP contribution in [-0.4, -0.2) is 30.7 Å². The van der Waals surface area contributed by atoms with Crippen LogP contribution in [0, 0.1) is 11.6 Å². The maximum absolute atomic E-state index is 14.6. The molecule has 1 atom stereocenters. The number of benzene rings is 3. The second kappa shape index (κ2) is 7.87. The number of nitrogens with zero attached hydrogens (tertiary/aromatic N) is 2. The summed E-state index contributed by atoms with van der Waals surface area (Å²) in [4.78, 5) is 31.4. The van der Waals surface area contributed by atoms with Crippen molar-refractivity contribution >= 4 is 23.2 Å². The highest BCUT2D eigenvalue weighted by molar-refractivity contribution is 6.20. The molecule has 0 spiro atoms. The molecule has 1 aliphatic rings. The molecule has 150 valence electrons. The predicted octanol–water partition coefficient (Wildman–Crippen LogP) is 3.53. The lowest BCUT2D eigenvalue weighted by molar-refractivity contribution is -0.119. The molecule has 0 saturated heterocycles. The first kappa shape index (κ1) is 19.4. The van der Waals surface area contributed by atoms with Crippen molar-refractivity contribution in [3.05, 3.63) is 101 Å². The van der Waals surface area contributed by atoms with E-state index in [2.05, 4.69) is 10.3 Å². The predicted molar refractivity (Wildman–Crippen MR) is 110 cm³/mol. The molecule has 7 heteroatoms. The Morgan fingerprint density at radius 2 is 1.50 bits per heavy atom. The van der Waals surface area contributed by atoms with Gasteiger partial charge in [-0.25, -0.2) is 13.8 Å². The van der Waals surface area contributed by atoms with Gasteiger partial charge in [0.15, 0.2) is 0 Å². The molecule has 0 aromatic heterocycles. The minimum absolute atomic E-state index is 0.193. The number of amides is 2. The summed E-state index contributed by atoms with van der Waals surface area (Å²) in [6.07, 6.45) is -1.36. The van der Waals surface area contributed by atoms with Gasteiger partial charge in [0.05, 0.1) is 17.0 Å². The quantitative estimate of drug-likeness (QED) is 0.725. The van der Waals surface area contributed by atoms with Crippen LogP contribution >= 0.6 is 0 Å². The molecule has 4 rings (SSSR count). The summed E-state index contributed by atoms with van der Waals surface area (Å²) in [5.41, 5.74) is 1.27. The van der Waals surface area contributed by atoms with Gasteiger partial charge in [-0.1, -0.05) is 42.5 Å². The SMILES string of the molecule is CN1C(=O)C(NC(=O)c2ccccc2F)N=C(c2ccccc2F)c2ccccc21. The van der Waals surface area contributed by atoms with E-state index in [9.17, 15) is 18.4 Å². The third kappa shape index (κ3) is 3.45. The molecule has 0 saturated carbocycles. The second-order valence-corrected chi connectivity index (χ2v) is 6.73. The molecule has 30 heavy (non-hydrogen) atoms. The van der Waals surface area contributed by atoms with Crippen molar-refractivity contribution < 1.29 is 18.4 Å². The second-order valence-electron chi connectivity index (χ2n) is 6.73. The molecule has 2 amide bonds. The van der Waals surface area contributed by atoms with Gasteiger partial charge in [0.2, 0.25) is 6.17 Å². The lowest BCUT2D eigenvalue weighted by Crippen LogP contribution is -2.46. The molecule has 3 aromatic rings. The fourth-order valence-corrected chi connectivity index (χ4v) is 3.33. The van der Waals surface area contributed by atoms with Crippen molar-refractivity contribution in [3.8, 4) is 0 Å². The van der Waals surface area contributed by atoms with Crippen LogP contribution in [0.2, 0.25) is 0 Å². The van der Waals surface area contributed by atoms with Crippen LogP contribution in [0.3, 0.4) is 0 Å². The molecule has 1 N–H and O–H groups in total. The number of likely N-dealkylation sites (N-methyl/N-ethyl adjacent to an activating group) is 1. The maximum atomic E-state index is 14.6. The molecule has 1 heterocycles. The number of hydrogen-bond donors (Lipinski definition) is 1. The number of fused-ring (bicyclic) bond motifs is 1. The molecule has 0 radical (unpaired) electrons. The maximum Gasteiger partial charge on any atom is 0.272 e. The smallest absolute Gasteiger partial charge is 0.272 e. The van der Waals surface area contributed by atoms with Crippen molar-refractivity contribution in [1.29, 1.82) is 0 Å². The lowest BCUT2D eigenvalue weighted by Gasteiger charge is -2.21. The van der Waals surface area contributed by atoms with Crippen LogP contribution in [0.5, 0.6) is 0 Å². The Balaban J connectivity index is 1.82. The first-order chi connectivity index (χ1) is 14.5. The van der Waals surface area contributed by atoms with Gasteiger partial charge in [-0.15, -0.1) is 0 Å². The lowest BCUT2D eigenvalue weighted by atomic mass is 10.00. The van der Waals surface area contributed by atoms with Gasteiger partial charge in [0.25, 0.3) is 11.8 Å². The highest BCUT2D eigenvalue weighted by atomic mass is 19.1. The molecule has 3 aromatic carbocycles. The number of carbonyl (C=O) groups is 2. The standard InChI is InChI=1S/C23H17F2N3O2/c1-28-19-13-7-4-10-16(19)20(14-8-2-5-11-17(14)24)26-21(23(28)30)27-22(29)15-9-3-6-12-18(15)25/h2-13,21H,1H3,(H,27,29). The number of hydrogen-bond acceptors (Lipinski definition) is 3. The zero-order valence-electron chi connectivity index (χ0n) is 16.0. The average Bonchev–Trinajstić information content (AvgIpc) is 2.85. The van der Waals surface area contributed by atoms with E-state index in [1.807, 2.05) is 0 Å². The van der Waals surface area contributed by atoms with E-state index in [-0.39, 0.29) is 16.8 Å². The van der Waals surface area contributed by atoms with E-state index in [1.54, 1.807) is 49.5 Å². The molecular formula is C23H17F2N3O2. The molecule has 0 bridgehead atoms. The number of rotatable bonds is 3. The van der Waals surface area contributed by atoms with E-state index in [1.165, 1.54) is 29.2 Å². The van der Waals surface area contributed by atoms with Gasteiger partial charge < -0.3 is 10.2 Å². The fourth-order valence-electron chi connectivity index (χ4n) is 3.33. The van der Waals surface area contributed by atoms with Crippen molar-refractivity contribution in [1.82, 2.24) is 5.32 Å². The average molecular weight is 405 g/mol. The Kier molecular flexibility index (Phi) is 5.10. The van der Waals surface area contributed by atoms with Crippen molar-refractivity contribution in [2.24, 2.45) is 4.99 Å². The Morgan fingerprint density at radius 3 is 2.20 bits per heavy atom. The Morgan fingerprint density at radius 1 is 0.900 bits per heavy atom. The van der Waals surface area contributed by atoms with Crippen LogP contribution in [0.15, 0.2) is 77.8 Å². The Labute approximate surface area is 171 Å². The van der Waals surface area contributed by atoms with Gasteiger partial charge in [-0.2, -0.15) is 0 Å². The molecule has 5 nitrogen and oxygen atoms in total. The highest BCUT2D eigenvalue weighted by Gasteiger charge is 2.32. The summed E-state index contributed by atoms with van der Waals surface area (Å²) < 4.78 is 28.6. The van der Waals surface area contributed by atoms with E-state index < -0.39 is 29.6 Å². The third-order valence-corrected chi connectivity index (χ3v) is 4.86. The summed E-state index contributed by atoms with van der Waals surface area (Å²) in [5, 5.41) is 2.47. The first-order valence-corrected chi connectivity index (χ1v) is 9.22. The molecular weight excluding hydrogens is 388 g/mol. The van der Waals surface area contributed by atoms with E-state index >= 15 is 0 Å². The number of carbonyl (C=O) groups excluding carboxylic acids is 2. The fraction of sp³-hybridized carbons (Fsp3) is 0.0870. The van der Waals surface area contributed by atoms with Gasteiger partial charge in [0, 0.05) is 18.2 Å². The van der Waals surface area contributed by atoms with Crippen LogP contribution in [0.25, 0.3) is 0 Å². The van der Waals surface area contributed by atoms with Gasteiger partial charge >= 0.3 is 0 Å². The van der Waals surface area contributed by atoms with Crippen LogP contribution < -0.4 is 10.2 Å². The number of benzodiazepines with no additional fused rings is 1. The number of halogens is 2. The summed E-state index contributed by atoms with van der Waals surface area (Å²) >= 11 is 0. The number of para-hydroxylation sites is 1. The van der Waals surface area contributed by atoms with E-state index in [4.69, 9.17) is 0 Å². The number of anilines is 1. The van der Waals surface area contributed by atoms with Crippen LogP contribution in [0.1, 0.15) is 21.5 Å². The van der Waals surface area contributed by atoms with E-state index in [0.29, 0.717) is 11.3 Å². The summed E-state index contributed by atoms with van der Waals surface area (Å²) in [7, 11) is 1.54. The minimum atomic E-state index is -1.36. The van der Waals surface area contributed by atoms with Gasteiger partial charge in [-0.05, 0) is 30.3 Å². The first-order valence-electron chi connectivity index (χ1n) is 9.22. The largest absolute Gasteiger partial charge is 0.322 e. The zero-order valence-corrected chi connectivity index (χ0v) is 16.0. The normalized spacial score (nSPS) is 15.8. The highest BCUT2D eigenvalue weighted by Crippen LogP contribution is 2.28. The van der Waals surface area contributed by atoms with Crippen LogP contribution in [-0.2, 0) is 4.79 Å². The summed E-state index contributed by atoms with van der Waals surface area (Å²) in [5.74, 6) is -2.55. The van der Waals surface area contributed by atoms with Gasteiger partial charge in [-0.3, -0.25) is 9.59 Å². The third-order valence-electron chi connectivity index (χ3n) is 4.86. The Bertz CT molecular complexity index is 1180. The molecule has 0 aliphatic carbocycles. The minimum Gasteiger partial charge on any atom is -0.322 e. The van der Waals surface area contributed by atoms with Crippen molar-refractivity contribution in [3.63, 3.8) is 0 Å². The van der Waals surface area contributed by atoms with Crippen LogP contribution in [0.4, 0.5) is 14.5 Å². The topological polar surface area (TPSA) is 61.8 Å². The summed E-state index contributed by atoms with van der Waals surface area (Å²) in [6.45, 7) is 0. The van der Waals surface area contributed by atoms with Crippen molar-refractivity contribution in [2.45, 2.75) is 6.17 Å². The van der Waals surface area contributed by atoms with Crippen molar-refractivity contribution in [2.75, 3.05) is 11.9 Å². The monoisotopic (exact) mass is 405 g/mol. The van der Waals surface area contributed by atoms with E-state index in [0.717, 1.165) is 6.07 Å². The summed E-state index contributed by atoms with van der Waals surface area (Å²) in [6, 6.07) is 18.4.